The second-order valence-electron chi connectivity index (χ2n) is 8.90. The van der Waals surface area contributed by atoms with Crippen LogP contribution < -0.4 is 0 Å². The average Bonchev–Trinajstić information content (AvgIpc) is 3.38. The van der Waals surface area contributed by atoms with E-state index in [9.17, 15) is 13.6 Å². The van der Waals surface area contributed by atoms with Crippen LogP contribution >= 0.6 is 0 Å². The molecule has 1 aliphatic heterocycles. The minimum absolute atomic E-state index is 0.0297. The normalized spacial score (nSPS) is 17.3. The van der Waals surface area contributed by atoms with Gasteiger partial charge in [-0.05, 0) is 61.1 Å². The number of carbonyl (C=O) groups is 1. The highest BCUT2D eigenvalue weighted by molar-refractivity contribution is 5.81. The number of rotatable bonds is 7. The zero-order chi connectivity index (χ0) is 23.8. The molecule has 3 aromatic rings. The number of fused-ring (bicyclic) bond motifs is 1. The van der Waals surface area contributed by atoms with E-state index in [1.807, 2.05) is 6.07 Å². The quantitative estimate of drug-likeness (QED) is 0.447. The Labute approximate surface area is 195 Å². The standard InChI is InChI=1S/C26H23F2N5O/c1-16(15-32-23-6-3-17(13-29)10-20(23)14-31-32)2-7-25(34)33-24(8-9-30-33)19-11-21(27)26(18-4-5-18)22(28)12-19/h3,6,9-12,14,18,24H,1-2,4-5,7-8,15H2. The molecule has 1 amide bonds. The van der Waals surface area contributed by atoms with Crippen molar-refractivity contribution in [3.8, 4) is 6.07 Å². The maximum atomic E-state index is 14.6. The fourth-order valence-electron chi connectivity index (χ4n) is 4.46. The first kappa shape index (κ1) is 22.0. The van der Waals surface area contributed by atoms with E-state index in [-0.39, 0.29) is 23.8 Å². The molecule has 1 aromatic heterocycles. The summed E-state index contributed by atoms with van der Waals surface area (Å²) in [5, 5.41) is 19.8. The van der Waals surface area contributed by atoms with Crippen molar-refractivity contribution in [3.63, 3.8) is 0 Å². The summed E-state index contributed by atoms with van der Waals surface area (Å²) < 4.78 is 30.9. The molecule has 0 radical (unpaired) electrons. The molecule has 1 unspecified atom stereocenters. The molecule has 1 atom stereocenters. The van der Waals surface area contributed by atoms with Crippen molar-refractivity contribution in [1.82, 2.24) is 14.8 Å². The summed E-state index contributed by atoms with van der Waals surface area (Å²) >= 11 is 0. The number of nitriles is 1. The topological polar surface area (TPSA) is 74.3 Å². The summed E-state index contributed by atoms with van der Waals surface area (Å²) in [5.41, 5.74) is 2.84. The second kappa shape index (κ2) is 8.82. The number of hydrogen-bond donors (Lipinski definition) is 0. The van der Waals surface area contributed by atoms with Gasteiger partial charge in [0.25, 0.3) is 0 Å². The molecule has 2 aliphatic rings. The van der Waals surface area contributed by atoms with E-state index in [0.717, 1.165) is 29.3 Å². The number of allylic oxidation sites excluding steroid dienone is 1. The molecule has 1 aliphatic carbocycles. The maximum Gasteiger partial charge on any atom is 0.243 e. The fourth-order valence-corrected chi connectivity index (χ4v) is 4.46. The van der Waals surface area contributed by atoms with Crippen LogP contribution in [0.4, 0.5) is 8.78 Å². The number of hydrogen-bond acceptors (Lipinski definition) is 4. The van der Waals surface area contributed by atoms with Crippen LogP contribution in [0.5, 0.6) is 0 Å². The Kier molecular flexibility index (Phi) is 5.70. The van der Waals surface area contributed by atoms with Gasteiger partial charge < -0.3 is 0 Å². The van der Waals surface area contributed by atoms with Crippen LogP contribution in [0, 0.1) is 23.0 Å². The van der Waals surface area contributed by atoms with Crippen LogP contribution in [0.3, 0.4) is 0 Å². The van der Waals surface area contributed by atoms with Crippen LogP contribution in [0.1, 0.15) is 60.8 Å². The molecule has 8 heteroatoms. The van der Waals surface area contributed by atoms with Crippen molar-refractivity contribution in [3.05, 3.63) is 77.0 Å². The molecule has 34 heavy (non-hydrogen) atoms. The summed E-state index contributed by atoms with van der Waals surface area (Å²) in [6.45, 7) is 4.52. The van der Waals surface area contributed by atoms with Gasteiger partial charge in [-0.1, -0.05) is 12.2 Å². The van der Waals surface area contributed by atoms with E-state index in [1.54, 1.807) is 29.2 Å². The third-order valence-corrected chi connectivity index (χ3v) is 6.39. The number of halogens is 2. The highest BCUT2D eigenvalue weighted by Crippen LogP contribution is 2.43. The SMILES string of the molecule is C=C(CCC(=O)N1N=CCC1c1cc(F)c(C2CC2)c(F)c1)Cn1ncc2cc(C#N)ccc21. The number of benzene rings is 2. The number of hydrazone groups is 1. The first-order chi connectivity index (χ1) is 16.4. The van der Waals surface area contributed by atoms with Gasteiger partial charge in [0, 0.05) is 30.0 Å². The van der Waals surface area contributed by atoms with Gasteiger partial charge in [-0.25, -0.2) is 13.8 Å². The van der Waals surface area contributed by atoms with Crippen molar-refractivity contribution in [2.75, 3.05) is 0 Å². The zero-order valence-electron chi connectivity index (χ0n) is 18.5. The summed E-state index contributed by atoms with van der Waals surface area (Å²) in [5.74, 6) is -1.34. The Morgan fingerprint density at radius 3 is 2.65 bits per heavy atom. The first-order valence-electron chi connectivity index (χ1n) is 11.3. The Balaban J connectivity index is 1.22. The fraction of sp³-hybridized carbons (Fsp3) is 0.308. The molecule has 0 N–H and O–H groups in total. The second-order valence-corrected chi connectivity index (χ2v) is 8.90. The van der Waals surface area contributed by atoms with Crippen LogP contribution in [0.2, 0.25) is 0 Å². The van der Waals surface area contributed by atoms with Crippen LogP contribution in [0.25, 0.3) is 10.9 Å². The average molecular weight is 460 g/mol. The molecule has 0 bridgehead atoms. The largest absolute Gasteiger partial charge is 0.273 e. The highest BCUT2D eigenvalue weighted by atomic mass is 19.1. The van der Waals surface area contributed by atoms with Gasteiger partial charge in [0.2, 0.25) is 5.91 Å². The van der Waals surface area contributed by atoms with Crippen LogP contribution in [0.15, 0.2) is 53.8 Å². The molecule has 5 rings (SSSR count). The lowest BCUT2D eigenvalue weighted by atomic mass is 9.99. The Bertz CT molecular complexity index is 1340. The molecule has 172 valence electrons. The number of carbonyl (C=O) groups excluding carboxylic acids is 1. The van der Waals surface area contributed by atoms with Gasteiger partial charge in [-0.3, -0.25) is 9.48 Å². The molecular weight excluding hydrogens is 436 g/mol. The predicted molar refractivity (Wildman–Crippen MR) is 124 cm³/mol. The summed E-state index contributed by atoms with van der Waals surface area (Å²) in [7, 11) is 0. The van der Waals surface area contributed by atoms with Gasteiger partial charge in [0.15, 0.2) is 0 Å². The van der Waals surface area contributed by atoms with E-state index < -0.39 is 17.7 Å². The van der Waals surface area contributed by atoms with E-state index in [4.69, 9.17) is 5.26 Å². The summed E-state index contributed by atoms with van der Waals surface area (Å²) in [6, 6.07) is 9.64. The van der Waals surface area contributed by atoms with Gasteiger partial charge in [-0.2, -0.15) is 15.5 Å². The van der Waals surface area contributed by atoms with E-state index in [0.29, 0.717) is 30.5 Å². The molecule has 2 aromatic carbocycles. The smallest absolute Gasteiger partial charge is 0.243 e. The molecule has 0 spiro atoms. The van der Waals surface area contributed by atoms with Crippen LogP contribution in [-0.2, 0) is 11.3 Å². The van der Waals surface area contributed by atoms with Crippen molar-refractivity contribution in [1.29, 1.82) is 5.26 Å². The number of nitrogens with zero attached hydrogens (tertiary/aromatic N) is 5. The van der Waals surface area contributed by atoms with Gasteiger partial charge in [0.05, 0.1) is 35.9 Å². The van der Waals surface area contributed by atoms with Crippen molar-refractivity contribution in [2.24, 2.45) is 5.10 Å². The minimum atomic E-state index is -0.543. The summed E-state index contributed by atoms with van der Waals surface area (Å²) in [4.78, 5) is 12.9. The number of aromatic nitrogens is 2. The predicted octanol–water partition coefficient (Wildman–Crippen LogP) is 5.36. The molecule has 2 heterocycles. The monoisotopic (exact) mass is 459 g/mol. The maximum absolute atomic E-state index is 14.6. The number of amides is 1. The lowest BCUT2D eigenvalue weighted by molar-refractivity contribution is -0.133. The van der Waals surface area contributed by atoms with Gasteiger partial charge in [-0.15, -0.1) is 0 Å². The van der Waals surface area contributed by atoms with E-state index >= 15 is 0 Å². The van der Waals surface area contributed by atoms with E-state index in [2.05, 4.69) is 22.8 Å². The third-order valence-electron chi connectivity index (χ3n) is 6.39. The van der Waals surface area contributed by atoms with Gasteiger partial charge in [0.1, 0.15) is 11.6 Å². The van der Waals surface area contributed by atoms with Crippen molar-refractivity contribution in [2.45, 2.75) is 50.6 Å². The van der Waals surface area contributed by atoms with Crippen molar-refractivity contribution < 1.29 is 13.6 Å². The Morgan fingerprint density at radius 2 is 1.94 bits per heavy atom. The summed E-state index contributed by atoms with van der Waals surface area (Å²) in [6.07, 6.45) is 5.94. The molecule has 6 nitrogen and oxygen atoms in total. The van der Waals surface area contributed by atoms with Crippen LogP contribution in [-0.4, -0.2) is 26.9 Å². The third kappa shape index (κ3) is 4.21. The Hall–Kier alpha value is -3.86. The molecule has 1 fully saturated rings. The Morgan fingerprint density at radius 1 is 1.18 bits per heavy atom. The van der Waals surface area contributed by atoms with Crippen molar-refractivity contribution >= 4 is 23.0 Å². The van der Waals surface area contributed by atoms with Gasteiger partial charge >= 0.3 is 0 Å². The minimum Gasteiger partial charge on any atom is -0.273 e. The molecular formula is C26H23F2N5O. The molecule has 1 saturated carbocycles. The lowest BCUT2D eigenvalue weighted by Crippen LogP contribution is -2.27. The van der Waals surface area contributed by atoms with E-state index in [1.165, 1.54) is 17.1 Å². The highest BCUT2D eigenvalue weighted by Gasteiger charge is 2.33. The first-order valence-corrected chi connectivity index (χ1v) is 11.3. The zero-order valence-corrected chi connectivity index (χ0v) is 18.5. The molecule has 0 saturated heterocycles. The lowest BCUT2D eigenvalue weighted by Gasteiger charge is -2.23.